The average Bonchev–Trinajstić information content (AvgIpc) is 2.72. The van der Waals surface area contributed by atoms with Gasteiger partial charge in [-0.15, -0.1) is 11.3 Å². The predicted octanol–water partition coefficient (Wildman–Crippen LogP) is 3.26. The SMILES string of the molecule is CC(O)CNc1nc(Cl)nc2sc3c(c12)CCC(C)C3. The van der Waals surface area contributed by atoms with Crippen molar-refractivity contribution in [2.75, 3.05) is 11.9 Å². The second-order valence-corrected chi connectivity index (χ2v) is 7.02. The van der Waals surface area contributed by atoms with E-state index in [1.54, 1.807) is 18.3 Å². The lowest BCUT2D eigenvalue weighted by molar-refractivity contribution is 0.208. The van der Waals surface area contributed by atoms with Gasteiger partial charge in [-0.25, -0.2) is 9.97 Å². The Bertz CT molecular complexity index is 641. The molecule has 0 fully saturated rings. The zero-order chi connectivity index (χ0) is 14.3. The molecule has 0 aromatic carbocycles. The Morgan fingerprint density at radius 3 is 3.05 bits per heavy atom. The fourth-order valence-electron chi connectivity index (χ4n) is 2.69. The highest BCUT2D eigenvalue weighted by Crippen LogP contribution is 2.40. The molecule has 2 unspecified atom stereocenters. The van der Waals surface area contributed by atoms with Crippen LogP contribution in [0.2, 0.25) is 5.28 Å². The maximum Gasteiger partial charge on any atom is 0.225 e. The van der Waals surface area contributed by atoms with Crippen LogP contribution in [0.3, 0.4) is 0 Å². The van der Waals surface area contributed by atoms with E-state index in [0.29, 0.717) is 6.54 Å². The van der Waals surface area contributed by atoms with Crippen LogP contribution in [-0.4, -0.2) is 27.7 Å². The first kappa shape index (κ1) is 14.0. The second-order valence-electron chi connectivity index (χ2n) is 5.60. The molecule has 0 saturated carbocycles. The van der Waals surface area contributed by atoms with Crippen LogP contribution in [0, 0.1) is 5.92 Å². The number of anilines is 1. The minimum atomic E-state index is -0.423. The van der Waals surface area contributed by atoms with Gasteiger partial charge in [-0.2, -0.15) is 0 Å². The number of nitrogens with zero attached hydrogens (tertiary/aromatic N) is 2. The van der Waals surface area contributed by atoms with Crippen molar-refractivity contribution in [1.82, 2.24) is 9.97 Å². The summed E-state index contributed by atoms with van der Waals surface area (Å²) in [5, 5.41) is 14.0. The van der Waals surface area contributed by atoms with Gasteiger partial charge in [0.05, 0.1) is 11.5 Å². The molecule has 0 amide bonds. The van der Waals surface area contributed by atoms with Crippen molar-refractivity contribution in [2.24, 2.45) is 5.92 Å². The highest BCUT2D eigenvalue weighted by atomic mass is 35.5. The van der Waals surface area contributed by atoms with E-state index in [2.05, 4.69) is 22.2 Å². The molecule has 1 aliphatic carbocycles. The molecule has 2 heterocycles. The third-order valence-corrected chi connectivity index (χ3v) is 5.01. The minimum absolute atomic E-state index is 0.261. The number of hydrogen-bond acceptors (Lipinski definition) is 5. The molecule has 2 N–H and O–H groups in total. The van der Waals surface area contributed by atoms with Gasteiger partial charge in [0, 0.05) is 11.4 Å². The van der Waals surface area contributed by atoms with E-state index in [-0.39, 0.29) is 5.28 Å². The number of fused-ring (bicyclic) bond motifs is 3. The highest BCUT2D eigenvalue weighted by molar-refractivity contribution is 7.19. The Kier molecular flexibility index (Phi) is 3.84. The Hall–Kier alpha value is -0.910. The van der Waals surface area contributed by atoms with Crippen molar-refractivity contribution in [1.29, 1.82) is 0 Å². The van der Waals surface area contributed by atoms with Crippen molar-refractivity contribution >= 4 is 39.0 Å². The van der Waals surface area contributed by atoms with Crippen LogP contribution in [0.1, 0.15) is 30.7 Å². The van der Waals surface area contributed by atoms with Gasteiger partial charge in [-0.3, -0.25) is 0 Å². The van der Waals surface area contributed by atoms with Crippen molar-refractivity contribution in [3.63, 3.8) is 0 Å². The number of hydrogen-bond donors (Lipinski definition) is 2. The molecule has 2 atom stereocenters. The maximum absolute atomic E-state index is 9.44. The van der Waals surface area contributed by atoms with Crippen LogP contribution < -0.4 is 5.32 Å². The monoisotopic (exact) mass is 311 g/mol. The summed E-state index contributed by atoms with van der Waals surface area (Å²) in [5.74, 6) is 1.49. The Morgan fingerprint density at radius 2 is 2.30 bits per heavy atom. The number of aliphatic hydroxyl groups excluding tert-OH is 1. The zero-order valence-corrected chi connectivity index (χ0v) is 13.2. The molecule has 0 radical (unpaired) electrons. The summed E-state index contributed by atoms with van der Waals surface area (Å²) in [7, 11) is 0. The number of aromatic nitrogens is 2. The lowest BCUT2D eigenvalue weighted by Crippen LogP contribution is -2.17. The normalized spacial score (nSPS) is 19.9. The molecule has 2 aromatic rings. The van der Waals surface area contributed by atoms with Gasteiger partial charge in [-0.05, 0) is 49.3 Å². The molecular formula is C14H18ClN3OS. The highest BCUT2D eigenvalue weighted by Gasteiger charge is 2.23. The van der Waals surface area contributed by atoms with Crippen LogP contribution in [-0.2, 0) is 12.8 Å². The van der Waals surface area contributed by atoms with Crippen molar-refractivity contribution in [3.8, 4) is 0 Å². The van der Waals surface area contributed by atoms with Crippen LogP contribution in [0.4, 0.5) is 5.82 Å². The zero-order valence-electron chi connectivity index (χ0n) is 11.6. The lowest BCUT2D eigenvalue weighted by Gasteiger charge is -2.18. The van der Waals surface area contributed by atoms with E-state index in [0.717, 1.165) is 34.8 Å². The summed E-state index contributed by atoms with van der Waals surface area (Å²) in [5.41, 5.74) is 1.37. The molecular weight excluding hydrogens is 294 g/mol. The summed E-state index contributed by atoms with van der Waals surface area (Å²) in [6, 6.07) is 0. The molecule has 20 heavy (non-hydrogen) atoms. The van der Waals surface area contributed by atoms with Crippen molar-refractivity contribution in [2.45, 2.75) is 39.2 Å². The molecule has 3 rings (SSSR count). The molecule has 0 saturated heterocycles. The van der Waals surface area contributed by atoms with Gasteiger partial charge in [0.25, 0.3) is 0 Å². The number of thiophene rings is 1. The average molecular weight is 312 g/mol. The van der Waals surface area contributed by atoms with Crippen molar-refractivity contribution < 1.29 is 5.11 Å². The minimum Gasteiger partial charge on any atom is -0.392 e. The molecule has 0 spiro atoms. The first-order chi connectivity index (χ1) is 9.54. The third-order valence-electron chi connectivity index (χ3n) is 3.69. The molecule has 6 heteroatoms. The van der Waals surface area contributed by atoms with Gasteiger partial charge < -0.3 is 10.4 Å². The fraction of sp³-hybridized carbons (Fsp3) is 0.571. The van der Waals surface area contributed by atoms with Gasteiger partial charge in [0.15, 0.2) is 0 Å². The van der Waals surface area contributed by atoms with E-state index in [1.165, 1.54) is 16.9 Å². The maximum atomic E-state index is 9.44. The van der Waals surface area contributed by atoms with E-state index < -0.39 is 6.10 Å². The second kappa shape index (κ2) is 5.47. The van der Waals surface area contributed by atoms with Crippen LogP contribution in [0.5, 0.6) is 0 Å². The number of nitrogens with one attached hydrogen (secondary N) is 1. The smallest absolute Gasteiger partial charge is 0.225 e. The van der Waals surface area contributed by atoms with E-state index >= 15 is 0 Å². The predicted molar refractivity (Wildman–Crippen MR) is 83.8 cm³/mol. The lowest BCUT2D eigenvalue weighted by atomic mass is 9.89. The summed E-state index contributed by atoms with van der Waals surface area (Å²) in [4.78, 5) is 11.0. The summed E-state index contributed by atoms with van der Waals surface area (Å²) in [6.07, 6.45) is 2.97. The van der Waals surface area contributed by atoms with Crippen LogP contribution in [0.25, 0.3) is 10.2 Å². The molecule has 0 bridgehead atoms. The number of halogens is 1. The van der Waals surface area contributed by atoms with Gasteiger partial charge >= 0.3 is 0 Å². The summed E-state index contributed by atoms with van der Waals surface area (Å²) in [6.45, 7) is 4.50. The Morgan fingerprint density at radius 1 is 1.50 bits per heavy atom. The molecule has 1 aliphatic rings. The van der Waals surface area contributed by atoms with Gasteiger partial charge in [0.2, 0.25) is 5.28 Å². The standard InChI is InChI=1S/C14H18ClN3OS/c1-7-3-4-9-10(5-7)20-13-11(9)12(16-6-8(2)19)17-14(15)18-13/h7-8,19H,3-6H2,1-2H3,(H,16,17,18). The Balaban J connectivity index is 2.09. The van der Waals surface area contributed by atoms with Crippen LogP contribution >= 0.6 is 22.9 Å². The summed E-state index contributed by atoms with van der Waals surface area (Å²) < 4.78 is 0. The van der Waals surface area contributed by atoms with Gasteiger partial charge in [-0.1, -0.05) is 6.92 Å². The molecule has 108 valence electrons. The van der Waals surface area contributed by atoms with Crippen molar-refractivity contribution in [3.05, 3.63) is 15.7 Å². The topological polar surface area (TPSA) is 58.0 Å². The van der Waals surface area contributed by atoms with E-state index in [1.807, 2.05) is 0 Å². The Labute approximate surface area is 127 Å². The quantitative estimate of drug-likeness (QED) is 0.854. The number of rotatable bonds is 3. The van der Waals surface area contributed by atoms with Gasteiger partial charge in [0.1, 0.15) is 10.6 Å². The number of aliphatic hydroxyl groups is 1. The molecule has 4 nitrogen and oxygen atoms in total. The van der Waals surface area contributed by atoms with E-state index in [9.17, 15) is 5.11 Å². The third kappa shape index (κ3) is 2.62. The molecule has 0 aliphatic heterocycles. The largest absolute Gasteiger partial charge is 0.392 e. The first-order valence-electron chi connectivity index (χ1n) is 6.94. The number of aryl methyl sites for hydroxylation is 1. The molecule has 2 aromatic heterocycles. The van der Waals surface area contributed by atoms with E-state index in [4.69, 9.17) is 11.6 Å². The first-order valence-corrected chi connectivity index (χ1v) is 8.13. The summed E-state index contributed by atoms with van der Waals surface area (Å²) >= 11 is 7.74. The fourth-order valence-corrected chi connectivity index (χ4v) is 4.29. The van der Waals surface area contributed by atoms with Crippen LogP contribution in [0.15, 0.2) is 0 Å².